The van der Waals surface area contributed by atoms with E-state index in [4.69, 9.17) is 0 Å². The van der Waals surface area contributed by atoms with E-state index >= 15 is 0 Å². The van der Waals surface area contributed by atoms with E-state index in [0.29, 0.717) is 15.0 Å². The van der Waals surface area contributed by atoms with Crippen LogP contribution in [0.4, 0.5) is 3.89 Å². The van der Waals surface area contributed by atoms with Gasteiger partial charge in [0.05, 0.1) is 0 Å². The summed E-state index contributed by atoms with van der Waals surface area (Å²) in [6.07, 6.45) is 2.99. The Hall–Kier alpha value is -0.441. The minimum absolute atomic E-state index is 0.103. The van der Waals surface area contributed by atoms with Crippen LogP contribution >= 0.6 is 13.0 Å². The van der Waals surface area contributed by atoms with Crippen molar-refractivity contribution in [3.05, 3.63) is 0 Å². The Balaban J connectivity index is 0.000000671. The number of carbonyl (C=O) groups excluding carboxylic acids is 2. The molecule has 1 saturated heterocycles. The van der Waals surface area contributed by atoms with Crippen LogP contribution in [0.2, 0.25) is 10.6 Å². The molecule has 0 bridgehead atoms. The van der Waals surface area contributed by atoms with Crippen molar-refractivity contribution in [1.82, 2.24) is 0 Å². The molecule has 72 valence electrons. The molecule has 4 nitrogen and oxygen atoms in total. The van der Waals surface area contributed by atoms with Crippen LogP contribution < -0.4 is 0 Å². The van der Waals surface area contributed by atoms with Gasteiger partial charge < -0.3 is 0 Å². The van der Waals surface area contributed by atoms with E-state index in [9.17, 15) is 13.5 Å². The minimum atomic E-state index is -0.103. The van der Waals surface area contributed by atoms with Gasteiger partial charge in [-0.1, -0.05) is 0 Å². The molecule has 1 rings (SSSR count). The fraction of sp³-hybridized carbons (Fsp3) is 0.667. The van der Waals surface area contributed by atoms with Crippen molar-refractivity contribution in [3.63, 3.8) is 0 Å². The third kappa shape index (κ3) is 4.36. The first-order chi connectivity index (χ1) is 6.38. The number of aliphatic imine (C=N–C) groups is 2. The molecule has 2 unspecified atom stereocenters. The fourth-order valence-corrected chi connectivity index (χ4v) is 3.46. The van der Waals surface area contributed by atoms with Crippen LogP contribution in [-0.2, 0) is 9.59 Å². The van der Waals surface area contributed by atoms with Crippen molar-refractivity contribution < 1.29 is 13.5 Å². The van der Waals surface area contributed by atoms with Crippen LogP contribution in [0.25, 0.3) is 0 Å². The molecule has 1 aliphatic rings. The predicted molar refractivity (Wildman–Crippen MR) is 49.3 cm³/mol. The van der Waals surface area contributed by atoms with Gasteiger partial charge in [-0.15, -0.1) is 0 Å². The molecule has 0 aromatic carbocycles. The van der Waals surface area contributed by atoms with E-state index < -0.39 is 0 Å². The number of nitrogens with zero attached hydrogens (tertiary/aromatic N) is 2. The second kappa shape index (κ2) is 8.17. The standard InChI is InChI=1S/C6H6N2O2Se.FHS/c9-3-7-5-1-11-2-6(5)8-4-10;1-2/h5-6H,1-2H2;2H. The molecule has 2 atom stereocenters. The van der Waals surface area contributed by atoms with Crippen molar-refractivity contribution in [2.24, 2.45) is 9.98 Å². The van der Waals surface area contributed by atoms with Crippen molar-refractivity contribution >= 4 is 40.1 Å². The zero-order valence-corrected chi connectivity index (χ0v) is 9.12. The van der Waals surface area contributed by atoms with Crippen LogP contribution in [0, 0.1) is 0 Å². The monoisotopic (exact) mass is 270 g/mol. The first-order valence-electron chi connectivity index (χ1n) is 3.27. The van der Waals surface area contributed by atoms with Crippen LogP contribution in [0.3, 0.4) is 0 Å². The third-order valence-electron chi connectivity index (χ3n) is 1.46. The van der Waals surface area contributed by atoms with Gasteiger partial charge in [0.1, 0.15) is 0 Å². The van der Waals surface area contributed by atoms with Crippen LogP contribution in [-0.4, -0.2) is 39.2 Å². The van der Waals surface area contributed by atoms with Gasteiger partial charge >= 0.3 is 69.4 Å². The first-order valence-corrected chi connectivity index (χ1v) is 6.03. The molecule has 0 radical (unpaired) electrons. The maximum atomic E-state index is 9.89. The molecule has 0 aromatic heterocycles. The van der Waals surface area contributed by atoms with Crippen LogP contribution in [0.1, 0.15) is 0 Å². The van der Waals surface area contributed by atoms with Gasteiger partial charge in [0.25, 0.3) is 0 Å². The molecule has 0 amide bonds. The summed E-state index contributed by atoms with van der Waals surface area (Å²) in [5, 5.41) is 1.77. The molecule has 0 saturated carbocycles. The van der Waals surface area contributed by atoms with E-state index in [0.717, 1.165) is 10.6 Å². The van der Waals surface area contributed by atoms with Crippen molar-refractivity contribution in [1.29, 1.82) is 0 Å². The topological polar surface area (TPSA) is 58.9 Å². The molecule has 0 N–H and O–H groups in total. The van der Waals surface area contributed by atoms with Gasteiger partial charge in [0.2, 0.25) is 0 Å². The normalized spacial score (nSPS) is 24.8. The molecule has 1 fully saturated rings. The summed E-state index contributed by atoms with van der Waals surface area (Å²) in [5.41, 5.74) is 0. The summed E-state index contributed by atoms with van der Waals surface area (Å²) in [6.45, 7) is 0. The second-order valence-electron chi connectivity index (χ2n) is 2.11. The molecule has 1 heterocycles. The summed E-state index contributed by atoms with van der Waals surface area (Å²) in [4.78, 5) is 26.9. The number of hydrogen-bond acceptors (Lipinski definition) is 5. The average molecular weight is 269 g/mol. The number of halogens is 1. The van der Waals surface area contributed by atoms with Crippen molar-refractivity contribution in [3.8, 4) is 0 Å². The fourth-order valence-electron chi connectivity index (χ4n) is 0.914. The van der Waals surface area contributed by atoms with Crippen molar-refractivity contribution in [2.75, 3.05) is 0 Å². The molecule has 13 heavy (non-hydrogen) atoms. The van der Waals surface area contributed by atoms with E-state index in [2.05, 4.69) is 9.98 Å². The zero-order chi connectivity index (χ0) is 10.1. The average Bonchev–Trinajstić information content (AvgIpc) is 2.58. The number of thiol groups is 1. The SMILES string of the molecule is FS.O=C=NC1C[Se]CC1N=C=O. The second-order valence-corrected chi connectivity index (χ2v) is 4.37. The van der Waals surface area contributed by atoms with Crippen molar-refractivity contribution in [2.45, 2.75) is 22.7 Å². The Morgan fingerprint density at radius 3 is 1.85 bits per heavy atom. The summed E-state index contributed by atoms with van der Waals surface area (Å²) in [5.74, 6) is 0. The Kier molecular flexibility index (Phi) is 7.89. The van der Waals surface area contributed by atoms with Crippen LogP contribution in [0.15, 0.2) is 9.98 Å². The van der Waals surface area contributed by atoms with E-state index in [1.165, 1.54) is 12.2 Å². The molecule has 0 aromatic rings. The van der Waals surface area contributed by atoms with Gasteiger partial charge in [-0.05, 0) is 0 Å². The summed E-state index contributed by atoms with van der Waals surface area (Å²) in [7, 11) is 0. The maximum absolute atomic E-state index is 9.89. The Labute approximate surface area is 86.6 Å². The van der Waals surface area contributed by atoms with Gasteiger partial charge in [-0.25, -0.2) is 0 Å². The molecule has 0 spiro atoms. The van der Waals surface area contributed by atoms with E-state index in [-0.39, 0.29) is 12.1 Å². The zero-order valence-electron chi connectivity index (χ0n) is 6.51. The Morgan fingerprint density at radius 2 is 1.54 bits per heavy atom. The number of rotatable bonds is 2. The van der Waals surface area contributed by atoms with Gasteiger partial charge in [0.15, 0.2) is 0 Å². The first kappa shape index (κ1) is 12.6. The van der Waals surface area contributed by atoms with Gasteiger partial charge in [-0.3, -0.25) is 0 Å². The molecular weight excluding hydrogens is 262 g/mol. The van der Waals surface area contributed by atoms with Gasteiger partial charge in [0, 0.05) is 13.0 Å². The predicted octanol–water partition coefficient (Wildman–Crippen LogP) is 0.750. The Bertz CT molecular complexity index is 217. The molecule has 1 aliphatic heterocycles. The molecule has 0 aliphatic carbocycles. The Morgan fingerprint density at radius 1 is 1.15 bits per heavy atom. The number of hydrogen-bond donors (Lipinski definition) is 1. The van der Waals surface area contributed by atoms with E-state index in [1.54, 1.807) is 0 Å². The summed E-state index contributed by atoms with van der Waals surface area (Å²) in [6, 6.07) is -0.206. The van der Waals surface area contributed by atoms with E-state index in [1.807, 2.05) is 13.0 Å². The quantitative estimate of drug-likeness (QED) is 0.348. The molecular formula is C6H7FN2O2SSe. The summed E-state index contributed by atoms with van der Waals surface area (Å²) < 4.78 is 9.19. The summed E-state index contributed by atoms with van der Waals surface area (Å²) >= 11 is 2.50. The molecule has 7 heteroatoms. The number of isocyanates is 2. The third-order valence-corrected chi connectivity index (χ3v) is 3.88. The van der Waals surface area contributed by atoms with Crippen LogP contribution in [0.5, 0.6) is 0 Å². The van der Waals surface area contributed by atoms with Gasteiger partial charge in [-0.2, -0.15) is 3.89 Å².